The zero-order valence-corrected chi connectivity index (χ0v) is 13.0. The van der Waals surface area contributed by atoms with Crippen LogP contribution >= 0.6 is 0 Å². The maximum absolute atomic E-state index is 14.1. The third kappa shape index (κ3) is 2.97. The summed E-state index contributed by atoms with van der Waals surface area (Å²) >= 11 is 0. The number of rotatable bonds is 4. The second-order valence-electron chi connectivity index (χ2n) is 5.39. The first-order chi connectivity index (χ1) is 10.9. The van der Waals surface area contributed by atoms with Crippen molar-refractivity contribution in [2.45, 2.75) is 30.1 Å². The number of sulfonamides is 1. The SMILES string of the molecule is O=C(O)c1ccc(S(=O)(=O)N2CCCC2C2OCCO2)c(F)c1. The lowest BCUT2D eigenvalue weighted by Crippen LogP contribution is -2.43. The van der Waals surface area contributed by atoms with E-state index in [1.54, 1.807) is 0 Å². The van der Waals surface area contributed by atoms with E-state index in [0.717, 1.165) is 12.1 Å². The van der Waals surface area contributed by atoms with E-state index in [1.807, 2.05) is 0 Å². The zero-order chi connectivity index (χ0) is 16.6. The Morgan fingerprint density at radius 1 is 1.30 bits per heavy atom. The molecule has 2 aliphatic rings. The molecule has 2 fully saturated rings. The zero-order valence-electron chi connectivity index (χ0n) is 12.1. The molecule has 0 bridgehead atoms. The molecule has 2 saturated heterocycles. The van der Waals surface area contributed by atoms with Gasteiger partial charge in [-0.1, -0.05) is 0 Å². The van der Waals surface area contributed by atoms with Crippen LogP contribution in [0.3, 0.4) is 0 Å². The number of carboxylic acid groups (broad SMARTS) is 1. The van der Waals surface area contributed by atoms with Crippen molar-refractivity contribution in [1.82, 2.24) is 4.31 Å². The van der Waals surface area contributed by atoms with Gasteiger partial charge in [0.15, 0.2) is 6.29 Å². The van der Waals surface area contributed by atoms with Crippen molar-refractivity contribution in [3.8, 4) is 0 Å². The molecular weight excluding hydrogens is 329 g/mol. The van der Waals surface area contributed by atoms with Gasteiger partial charge in [-0.15, -0.1) is 0 Å². The van der Waals surface area contributed by atoms with Crippen LogP contribution in [0.4, 0.5) is 4.39 Å². The quantitative estimate of drug-likeness (QED) is 0.877. The summed E-state index contributed by atoms with van der Waals surface area (Å²) in [6.07, 6.45) is 0.550. The molecule has 1 aromatic carbocycles. The summed E-state index contributed by atoms with van der Waals surface area (Å²) in [7, 11) is -4.09. The Bertz CT molecular complexity index is 716. The molecule has 0 spiro atoms. The maximum Gasteiger partial charge on any atom is 0.335 e. The molecule has 0 amide bonds. The van der Waals surface area contributed by atoms with Gasteiger partial charge in [0.05, 0.1) is 24.8 Å². The first-order valence-corrected chi connectivity index (χ1v) is 8.63. The molecule has 1 unspecified atom stereocenters. The number of nitrogens with zero attached hydrogens (tertiary/aromatic N) is 1. The van der Waals surface area contributed by atoms with Crippen molar-refractivity contribution in [3.63, 3.8) is 0 Å². The van der Waals surface area contributed by atoms with Gasteiger partial charge in [0.2, 0.25) is 10.0 Å². The van der Waals surface area contributed by atoms with Crippen LogP contribution in [0.2, 0.25) is 0 Å². The molecule has 7 nitrogen and oxygen atoms in total. The first kappa shape index (κ1) is 16.3. The molecule has 9 heteroatoms. The normalized spacial score (nSPS) is 23.4. The maximum atomic E-state index is 14.1. The Morgan fingerprint density at radius 3 is 2.61 bits per heavy atom. The molecule has 2 heterocycles. The Morgan fingerprint density at radius 2 is 2.00 bits per heavy atom. The predicted molar refractivity (Wildman–Crippen MR) is 76.0 cm³/mol. The monoisotopic (exact) mass is 345 g/mol. The fourth-order valence-corrected chi connectivity index (χ4v) is 4.63. The lowest BCUT2D eigenvalue weighted by molar-refractivity contribution is -0.0768. The fourth-order valence-electron chi connectivity index (χ4n) is 2.90. The van der Waals surface area contributed by atoms with Gasteiger partial charge in [0.1, 0.15) is 10.7 Å². The average Bonchev–Trinajstić information content (AvgIpc) is 3.17. The standard InChI is InChI=1S/C14H16FNO6S/c15-10-8-9(13(17)18)3-4-12(10)23(19,20)16-5-1-2-11(16)14-21-6-7-22-14/h3-4,8,11,14H,1-2,5-7H2,(H,17,18). The van der Waals surface area contributed by atoms with Crippen molar-refractivity contribution >= 4 is 16.0 Å². The van der Waals surface area contributed by atoms with Crippen molar-refractivity contribution in [1.29, 1.82) is 0 Å². The summed E-state index contributed by atoms with van der Waals surface area (Å²) < 4.78 is 51.5. The van der Waals surface area contributed by atoms with Gasteiger partial charge in [-0.05, 0) is 31.0 Å². The Labute approximate surface area is 132 Å². The van der Waals surface area contributed by atoms with Gasteiger partial charge in [0.25, 0.3) is 0 Å². The van der Waals surface area contributed by atoms with Gasteiger partial charge in [0, 0.05) is 6.54 Å². The summed E-state index contributed by atoms with van der Waals surface area (Å²) in [5.74, 6) is -2.40. The summed E-state index contributed by atoms with van der Waals surface area (Å²) in [5.41, 5.74) is -0.304. The highest BCUT2D eigenvalue weighted by molar-refractivity contribution is 7.89. The van der Waals surface area contributed by atoms with Crippen LogP contribution in [0.1, 0.15) is 23.2 Å². The number of carboxylic acids is 1. The van der Waals surface area contributed by atoms with Gasteiger partial charge >= 0.3 is 5.97 Å². The molecule has 0 aliphatic carbocycles. The van der Waals surface area contributed by atoms with Crippen LogP contribution in [-0.4, -0.2) is 55.9 Å². The summed E-state index contributed by atoms with van der Waals surface area (Å²) in [5, 5.41) is 8.84. The third-order valence-electron chi connectivity index (χ3n) is 3.98. The van der Waals surface area contributed by atoms with Crippen LogP contribution in [0.5, 0.6) is 0 Å². The minimum atomic E-state index is -4.09. The number of ether oxygens (including phenoxy) is 2. The second kappa shape index (κ2) is 6.16. The molecule has 126 valence electrons. The highest BCUT2D eigenvalue weighted by Crippen LogP contribution is 2.31. The van der Waals surface area contributed by atoms with Gasteiger partial charge in [-0.2, -0.15) is 4.31 Å². The molecule has 1 atom stereocenters. The van der Waals surface area contributed by atoms with Crippen LogP contribution in [0.15, 0.2) is 23.1 Å². The van der Waals surface area contributed by atoms with Gasteiger partial charge in [-0.3, -0.25) is 0 Å². The number of hydrogen-bond donors (Lipinski definition) is 1. The summed E-state index contributed by atoms with van der Waals surface area (Å²) in [6.45, 7) is 1.05. The van der Waals surface area contributed by atoms with E-state index in [1.165, 1.54) is 4.31 Å². The van der Waals surface area contributed by atoms with Crippen molar-refractivity contribution < 1.29 is 32.2 Å². The molecular formula is C14H16FNO6S. The van der Waals surface area contributed by atoms with Crippen LogP contribution in [0.25, 0.3) is 0 Å². The Kier molecular flexibility index (Phi) is 4.37. The molecule has 0 saturated carbocycles. The van der Waals surface area contributed by atoms with E-state index in [2.05, 4.69) is 0 Å². The average molecular weight is 345 g/mol. The molecule has 0 aromatic heterocycles. The van der Waals surface area contributed by atoms with Gasteiger partial charge < -0.3 is 14.6 Å². The van der Waals surface area contributed by atoms with Crippen molar-refractivity contribution in [2.75, 3.05) is 19.8 Å². The molecule has 1 N–H and O–H groups in total. The largest absolute Gasteiger partial charge is 0.478 e. The number of benzene rings is 1. The minimum Gasteiger partial charge on any atom is -0.478 e. The van der Waals surface area contributed by atoms with E-state index in [4.69, 9.17) is 14.6 Å². The van der Waals surface area contributed by atoms with Crippen molar-refractivity contribution in [2.24, 2.45) is 0 Å². The van der Waals surface area contributed by atoms with E-state index in [-0.39, 0.29) is 12.1 Å². The van der Waals surface area contributed by atoms with E-state index >= 15 is 0 Å². The topological polar surface area (TPSA) is 93.1 Å². The van der Waals surface area contributed by atoms with Crippen LogP contribution in [-0.2, 0) is 19.5 Å². The second-order valence-corrected chi connectivity index (χ2v) is 7.24. The lowest BCUT2D eigenvalue weighted by atomic mass is 10.2. The number of halogens is 1. The lowest BCUT2D eigenvalue weighted by Gasteiger charge is -2.27. The molecule has 23 heavy (non-hydrogen) atoms. The first-order valence-electron chi connectivity index (χ1n) is 7.19. The smallest absolute Gasteiger partial charge is 0.335 e. The predicted octanol–water partition coefficient (Wildman–Crippen LogP) is 1.05. The van der Waals surface area contributed by atoms with Gasteiger partial charge in [-0.25, -0.2) is 17.6 Å². The Balaban J connectivity index is 1.92. The van der Waals surface area contributed by atoms with Crippen molar-refractivity contribution in [3.05, 3.63) is 29.6 Å². The highest BCUT2D eigenvalue weighted by atomic mass is 32.2. The molecule has 0 radical (unpaired) electrons. The van der Waals surface area contributed by atoms with E-state index < -0.39 is 39.0 Å². The number of hydrogen-bond acceptors (Lipinski definition) is 5. The number of aromatic carboxylic acids is 1. The highest BCUT2D eigenvalue weighted by Gasteiger charge is 2.42. The molecule has 3 rings (SSSR count). The minimum absolute atomic E-state index is 0.246. The third-order valence-corrected chi connectivity index (χ3v) is 5.93. The fraction of sp³-hybridized carbons (Fsp3) is 0.500. The summed E-state index contributed by atoms with van der Waals surface area (Å²) in [6, 6.07) is 2.27. The van der Waals surface area contributed by atoms with E-state index in [0.29, 0.717) is 32.1 Å². The van der Waals surface area contributed by atoms with Crippen LogP contribution < -0.4 is 0 Å². The number of carbonyl (C=O) groups is 1. The van der Waals surface area contributed by atoms with E-state index in [9.17, 15) is 17.6 Å². The molecule has 1 aromatic rings. The summed E-state index contributed by atoms with van der Waals surface area (Å²) in [4.78, 5) is 10.3. The molecule has 2 aliphatic heterocycles. The Hall–Kier alpha value is -1.55. The van der Waals surface area contributed by atoms with Crippen LogP contribution in [0, 0.1) is 5.82 Å².